The van der Waals surface area contributed by atoms with Gasteiger partial charge in [0.2, 0.25) is 11.9 Å². The number of benzene rings is 1. The number of carbonyl (C=O) groups excluding carboxylic acids is 3. The number of carbonyl (C=O) groups is 3. The predicted octanol–water partition coefficient (Wildman–Crippen LogP) is 2.31. The second-order valence-corrected chi connectivity index (χ2v) is 6.80. The van der Waals surface area contributed by atoms with Gasteiger partial charge in [-0.1, -0.05) is 30.8 Å². The quantitative estimate of drug-likeness (QED) is 0.369. The Morgan fingerprint density at radius 1 is 1.29 bits per heavy atom. The summed E-state index contributed by atoms with van der Waals surface area (Å²) in [4.78, 5) is 36.0. The van der Waals surface area contributed by atoms with Gasteiger partial charge in [-0.2, -0.15) is 0 Å². The number of thioether (sulfide) groups is 1. The summed E-state index contributed by atoms with van der Waals surface area (Å²) in [5, 5.41) is 10.9. The topological polar surface area (TPSA) is 129 Å². The van der Waals surface area contributed by atoms with Crippen LogP contribution in [0.15, 0.2) is 29.4 Å². The molecule has 0 aliphatic rings. The lowest BCUT2D eigenvalue weighted by Crippen LogP contribution is -2.27. The highest BCUT2D eigenvalue weighted by atomic mass is 32.2. The lowest BCUT2D eigenvalue weighted by molar-refractivity contribution is -0.139. The summed E-state index contributed by atoms with van der Waals surface area (Å²) in [6.45, 7) is 5.30. The zero-order valence-electron chi connectivity index (χ0n) is 16.0. The normalized spacial score (nSPS) is 11.7. The van der Waals surface area contributed by atoms with Crippen LogP contribution >= 0.6 is 11.8 Å². The fourth-order valence-corrected chi connectivity index (χ4v) is 3.32. The van der Waals surface area contributed by atoms with E-state index in [0.29, 0.717) is 22.8 Å². The van der Waals surface area contributed by atoms with Gasteiger partial charge in [-0.3, -0.25) is 19.0 Å². The van der Waals surface area contributed by atoms with Crippen LogP contribution in [0.3, 0.4) is 0 Å². The van der Waals surface area contributed by atoms with Crippen molar-refractivity contribution in [3.8, 4) is 0 Å². The molecule has 1 heterocycles. The van der Waals surface area contributed by atoms with Crippen LogP contribution in [0.1, 0.15) is 43.6 Å². The molecule has 1 unspecified atom stereocenters. The van der Waals surface area contributed by atoms with Gasteiger partial charge in [0, 0.05) is 11.3 Å². The van der Waals surface area contributed by atoms with E-state index in [-0.39, 0.29) is 36.0 Å². The van der Waals surface area contributed by atoms with Gasteiger partial charge in [-0.15, -0.1) is 10.2 Å². The second kappa shape index (κ2) is 9.88. The molecule has 0 saturated carbocycles. The van der Waals surface area contributed by atoms with Crippen molar-refractivity contribution in [1.29, 1.82) is 0 Å². The van der Waals surface area contributed by atoms with E-state index in [0.717, 1.165) is 11.8 Å². The van der Waals surface area contributed by atoms with Crippen molar-refractivity contribution in [3.05, 3.63) is 29.8 Å². The number of nitrogens with two attached hydrogens (primary N) is 1. The number of esters is 1. The van der Waals surface area contributed by atoms with Gasteiger partial charge < -0.3 is 15.8 Å². The van der Waals surface area contributed by atoms with E-state index < -0.39 is 6.04 Å². The number of rotatable bonds is 9. The number of aromatic nitrogens is 3. The summed E-state index contributed by atoms with van der Waals surface area (Å²) in [5.41, 5.74) is 6.92. The molecule has 2 rings (SSSR count). The van der Waals surface area contributed by atoms with Gasteiger partial charge in [-0.25, -0.2) is 0 Å². The van der Waals surface area contributed by atoms with E-state index in [1.807, 2.05) is 6.92 Å². The van der Waals surface area contributed by atoms with E-state index in [1.165, 1.54) is 11.5 Å². The third kappa shape index (κ3) is 5.32. The molecule has 0 bridgehead atoms. The third-order valence-electron chi connectivity index (χ3n) is 3.85. The van der Waals surface area contributed by atoms with Crippen molar-refractivity contribution in [2.24, 2.45) is 0 Å². The second-order valence-electron chi connectivity index (χ2n) is 5.85. The Kier molecular flexibility index (Phi) is 7.56. The smallest absolute Gasteiger partial charge is 0.316 e. The van der Waals surface area contributed by atoms with Crippen molar-refractivity contribution in [2.45, 2.75) is 38.4 Å². The highest BCUT2D eigenvalue weighted by molar-refractivity contribution is 7.99. The van der Waals surface area contributed by atoms with Crippen LogP contribution in [-0.2, 0) is 14.3 Å². The number of ether oxygens (including phenoxy) is 1. The van der Waals surface area contributed by atoms with Crippen molar-refractivity contribution in [3.63, 3.8) is 0 Å². The van der Waals surface area contributed by atoms with Crippen molar-refractivity contribution < 1.29 is 19.1 Å². The molecule has 150 valence electrons. The highest BCUT2D eigenvalue weighted by Gasteiger charge is 2.25. The number of amides is 1. The Bertz CT molecular complexity index is 867. The molecule has 10 heteroatoms. The first kappa shape index (κ1) is 21.4. The number of hydrogen-bond acceptors (Lipinski definition) is 8. The maximum absolute atomic E-state index is 12.8. The molecule has 0 aliphatic carbocycles. The van der Waals surface area contributed by atoms with Gasteiger partial charge in [0.25, 0.3) is 0 Å². The van der Waals surface area contributed by atoms with Crippen LogP contribution in [0.2, 0.25) is 0 Å². The Hall–Kier alpha value is -2.88. The SMILES string of the molecule is CCOC(=O)CSc1nnc(N)n1C(CC)C(=O)Nc1cccc(C(C)=O)c1. The molecule has 1 atom stereocenters. The fourth-order valence-electron chi connectivity index (χ4n) is 2.53. The fraction of sp³-hybridized carbons (Fsp3) is 0.389. The van der Waals surface area contributed by atoms with E-state index in [1.54, 1.807) is 31.2 Å². The summed E-state index contributed by atoms with van der Waals surface area (Å²) in [7, 11) is 0. The van der Waals surface area contributed by atoms with E-state index in [2.05, 4.69) is 15.5 Å². The summed E-state index contributed by atoms with van der Waals surface area (Å²) < 4.78 is 6.39. The Balaban J connectivity index is 2.19. The first-order valence-electron chi connectivity index (χ1n) is 8.78. The lowest BCUT2D eigenvalue weighted by atomic mass is 10.1. The van der Waals surface area contributed by atoms with Crippen LogP contribution in [0.5, 0.6) is 0 Å². The van der Waals surface area contributed by atoms with Gasteiger partial charge in [-0.05, 0) is 32.4 Å². The Morgan fingerprint density at radius 3 is 2.68 bits per heavy atom. The molecule has 28 heavy (non-hydrogen) atoms. The molecule has 0 saturated heterocycles. The molecule has 0 spiro atoms. The molecule has 1 amide bonds. The van der Waals surface area contributed by atoms with E-state index >= 15 is 0 Å². The largest absolute Gasteiger partial charge is 0.465 e. The van der Waals surface area contributed by atoms with Crippen LogP contribution < -0.4 is 11.1 Å². The van der Waals surface area contributed by atoms with Crippen LogP contribution in [0.4, 0.5) is 11.6 Å². The minimum absolute atomic E-state index is 0.0324. The minimum atomic E-state index is -0.680. The molecule has 2 aromatic rings. The molecule has 0 aliphatic heterocycles. The average Bonchev–Trinajstić information content (AvgIpc) is 3.02. The zero-order chi connectivity index (χ0) is 20.7. The molecular weight excluding hydrogens is 382 g/mol. The number of hydrogen-bond donors (Lipinski definition) is 2. The van der Waals surface area contributed by atoms with Crippen molar-refractivity contribution in [2.75, 3.05) is 23.4 Å². The Labute approximate surface area is 167 Å². The number of nitrogens with zero attached hydrogens (tertiary/aromatic N) is 3. The predicted molar refractivity (Wildman–Crippen MR) is 106 cm³/mol. The Morgan fingerprint density at radius 2 is 2.04 bits per heavy atom. The summed E-state index contributed by atoms with van der Waals surface area (Å²) >= 11 is 1.10. The molecule has 1 aromatic carbocycles. The summed E-state index contributed by atoms with van der Waals surface area (Å²) in [6, 6.07) is 6.00. The summed E-state index contributed by atoms with van der Waals surface area (Å²) in [6.07, 6.45) is 0.424. The number of nitrogens with one attached hydrogen (secondary N) is 1. The van der Waals surface area contributed by atoms with Crippen molar-refractivity contribution in [1.82, 2.24) is 14.8 Å². The highest BCUT2D eigenvalue weighted by Crippen LogP contribution is 2.26. The maximum atomic E-state index is 12.8. The first-order chi connectivity index (χ1) is 13.4. The van der Waals surface area contributed by atoms with Crippen molar-refractivity contribution >= 4 is 41.1 Å². The molecule has 0 fully saturated rings. The van der Waals surface area contributed by atoms with Crippen LogP contribution in [0, 0.1) is 0 Å². The number of anilines is 2. The summed E-state index contributed by atoms with van der Waals surface area (Å²) in [5.74, 6) is -0.702. The lowest BCUT2D eigenvalue weighted by Gasteiger charge is -2.19. The van der Waals surface area contributed by atoms with Crippen LogP contribution in [-0.4, -0.2) is 44.8 Å². The molecule has 1 aromatic heterocycles. The molecular formula is C18H23N5O4S. The number of Topliss-reactive ketones (excluding diaryl/α,β-unsaturated/α-hetero) is 1. The van der Waals surface area contributed by atoms with E-state index in [4.69, 9.17) is 10.5 Å². The maximum Gasteiger partial charge on any atom is 0.316 e. The van der Waals surface area contributed by atoms with Gasteiger partial charge in [0.05, 0.1) is 12.4 Å². The average molecular weight is 405 g/mol. The van der Waals surface area contributed by atoms with E-state index in [9.17, 15) is 14.4 Å². The molecule has 3 N–H and O–H groups in total. The minimum Gasteiger partial charge on any atom is -0.465 e. The van der Waals surface area contributed by atoms with Crippen LogP contribution in [0.25, 0.3) is 0 Å². The molecule has 9 nitrogen and oxygen atoms in total. The number of ketones is 1. The van der Waals surface area contributed by atoms with Gasteiger partial charge in [0.15, 0.2) is 10.9 Å². The first-order valence-corrected chi connectivity index (χ1v) is 9.76. The monoisotopic (exact) mass is 405 g/mol. The number of nitrogen functional groups attached to an aromatic ring is 1. The third-order valence-corrected chi connectivity index (χ3v) is 4.77. The van der Waals surface area contributed by atoms with Gasteiger partial charge >= 0.3 is 5.97 Å². The van der Waals surface area contributed by atoms with Gasteiger partial charge in [0.1, 0.15) is 6.04 Å². The molecule has 0 radical (unpaired) electrons. The standard InChI is InChI=1S/C18H23N5O4S/c1-4-14(16(26)20-13-8-6-7-12(9-13)11(3)24)23-17(19)21-22-18(23)28-10-15(25)27-5-2/h6-9,14H,4-5,10H2,1-3H3,(H2,19,21)(H,20,26). The zero-order valence-corrected chi connectivity index (χ0v) is 16.8.